The minimum Gasteiger partial charge on any atom is -0.486 e. The molecule has 101 valence electrons. The Balaban J connectivity index is 3.21. The van der Waals surface area contributed by atoms with Crippen molar-refractivity contribution in [2.75, 3.05) is 0 Å². The Morgan fingerprint density at radius 2 is 1.61 bits per heavy atom. The van der Waals surface area contributed by atoms with Gasteiger partial charge in [0.15, 0.2) is 0 Å². The van der Waals surface area contributed by atoms with Gasteiger partial charge in [-0.1, -0.05) is 60.6 Å². The number of ether oxygens (including phenoxy) is 1. The monoisotopic (exact) mass is 247 g/mol. The average Bonchev–Trinajstić information content (AvgIpc) is 2.23. The highest BCUT2D eigenvalue weighted by atomic mass is 16.5. The molecule has 0 aliphatic rings. The van der Waals surface area contributed by atoms with Gasteiger partial charge in [0, 0.05) is 0 Å². The van der Waals surface area contributed by atoms with E-state index < -0.39 is 0 Å². The quantitative estimate of drug-likeness (QED) is 0.710. The Bertz CT molecular complexity index is 391. The van der Waals surface area contributed by atoms with Crippen LogP contribution in [0.1, 0.15) is 66.0 Å². The lowest BCUT2D eigenvalue weighted by atomic mass is 9.80. The first-order valence-electron chi connectivity index (χ1n) is 6.79. The predicted octanol–water partition coefficient (Wildman–Crippen LogP) is 5.23. The van der Waals surface area contributed by atoms with E-state index in [0.717, 1.165) is 12.2 Å². The molecule has 0 fully saturated rings. The summed E-state index contributed by atoms with van der Waals surface area (Å²) < 4.78 is 5.76. The summed E-state index contributed by atoms with van der Waals surface area (Å²) in [6.07, 6.45) is 0.921. The van der Waals surface area contributed by atoms with Gasteiger partial charge in [-0.3, -0.25) is 0 Å². The maximum atomic E-state index is 5.76. The summed E-state index contributed by atoms with van der Waals surface area (Å²) in [5.41, 5.74) is 2.90. The molecule has 0 N–H and O–H groups in total. The van der Waals surface area contributed by atoms with Crippen molar-refractivity contribution in [1.82, 2.24) is 0 Å². The summed E-state index contributed by atoms with van der Waals surface area (Å²) in [5, 5.41) is 0. The molecule has 0 atom stereocenters. The van der Waals surface area contributed by atoms with Gasteiger partial charge in [-0.25, -0.2) is 0 Å². The van der Waals surface area contributed by atoms with Crippen LogP contribution in [0, 0.1) is 6.61 Å². The molecule has 1 nitrogen and oxygen atoms in total. The van der Waals surface area contributed by atoms with Crippen LogP contribution in [0.25, 0.3) is 0 Å². The molecule has 0 aliphatic heterocycles. The van der Waals surface area contributed by atoms with Crippen molar-refractivity contribution in [3.8, 4) is 5.75 Å². The second-order valence-corrected chi connectivity index (χ2v) is 6.90. The average molecular weight is 247 g/mol. The molecule has 0 saturated carbocycles. The van der Waals surface area contributed by atoms with Gasteiger partial charge in [-0.05, 0) is 34.4 Å². The summed E-state index contributed by atoms with van der Waals surface area (Å²) in [6, 6.07) is 6.57. The van der Waals surface area contributed by atoms with E-state index in [1.165, 1.54) is 11.1 Å². The van der Waals surface area contributed by atoms with Gasteiger partial charge < -0.3 is 4.74 Å². The Morgan fingerprint density at radius 1 is 1.00 bits per heavy atom. The number of benzene rings is 1. The third kappa shape index (κ3) is 3.76. The summed E-state index contributed by atoms with van der Waals surface area (Å²) in [6.45, 7) is 17.4. The van der Waals surface area contributed by atoms with Crippen molar-refractivity contribution < 1.29 is 4.74 Å². The fourth-order valence-corrected chi connectivity index (χ4v) is 1.86. The Kier molecular flexibility index (Phi) is 4.47. The molecule has 0 spiro atoms. The molecule has 1 aromatic carbocycles. The van der Waals surface area contributed by atoms with Crippen molar-refractivity contribution in [2.24, 2.45) is 0 Å². The van der Waals surface area contributed by atoms with E-state index in [4.69, 9.17) is 4.74 Å². The number of hydrogen-bond donors (Lipinski definition) is 0. The molecular formula is C17H27O. The maximum absolute atomic E-state index is 5.76. The highest BCUT2D eigenvalue weighted by Gasteiger charge is 2.22. The van der Waals surface area contributed by atoms with Gasteiger partial charge in [0.1, 0.15) is 12.4 Å². The second-order valence-electron chi connectivity index (χ2n) is 6.90. The van der Waals surface area contributed by atoms with Crippen molar-refractivity contribution in [1.29, 1.82) is 0 Å². The SMILES string of the molecule is CC[CH]Oc1ccc(C(C)(C)C)cc1C(C)(C)C. The van der Waals surface area contributed by atoms with Crippen LogP contribution in [-0.2, 0) is 10.8 Å². The third-order valence-electron chi connectivity index (χ3n) is 3.03. The van der Waals surface area contributed by atoms with E-state index in [1.54, 1.807) is 0 Å². The van der Waals surface area contributed by atoms with E-state index in [0.29, 0.717) is 0 Å². The van der Waals surface area contributed by atoms with E-state index in [9.17, 15) is 0 Å². The topological polar surface area (TPSA) is 9.23 Å². The molecule has 1 heteroatoms. The van der Waals surface area contributed by atoms with Crippen LogP contribution in [0.3, 0.4) is 0 Å². The van der Waals surface area contributed by atoms with Crippen LogP contribution >= 0.6 is 0 Å². The lowest BCUT2D eigenvalue weighted by Gasteiger charge is -2.27. The molecule has 0 unspecified atom stereocenters. The smallest absolute Gasteiger partial charge is 0.135 e. The summed E-state index contributed by atoms with van der Waals surface area (Å²) in [4.78, 5) is 0. The minimum absolute atomic E-state index is 0.0954. The maximum Gasteiger partial charge on any atom is 0.135 e. The molecule has 0 amide bonds. The molecule has 18 heavy (non-hydrogen) atoms. The van der Waals surface area contributed by atoms with Gasteiger partial charge in [0.05, 0.1) is 0 Å². The first kappa shape index (κ1) is 15.1. The Labute approximate surface area is 113 Å². The van der Waals surface area contributed by atoms with Crippen LogP contribution in [0.15, 0.2) is 18.2 Å². The summed E-state index contributed by atoms with van der Waals surface area (Å²) >= 11 is 0. The normalized spacial score (nSPS) is 12.6. The lowest BCUT2D eigenvalue weighted by Crippen LogP contribution is -2.17. The van der Waals surface area contributed by atoms with Crippen molar-refractivity contribution in [2.45, 2.75) is 65.7 Å². The van der Waals surface area contributed by atoms with Gasteiger partial charge >= 0.3 is 0 Å². The van der Waals surface area contributed by atoms with Crippen molar-refractivity contribution in [3.63, 3.8) is 0 Å². The van der Waals surface area contributed by atoms with E-state index in [1.807, 2.05) is 6.61 Å². The molecule has 1 aromatic rings. The largest absolute Gasteiger partial charge is 0.486 e. The van der Waals surface area contributed by atoms with Gasteiger partial charge in [0.25, 0.3) is 0 Å². The van der Waals surface area contributed by atoms with Gasteiger partial charge in [-0.2, -0.15) is 0 Å². The molecule has 0 aliphatic carbocycles. The fraction of sp³-hybridized carbons (Fsp3) is 0.588. The molecular weight excluding hydrogens is 220 g/mol. The van der Waals surface area contributed by atoms with Crippen LogP contribution in [0.5, 0.6) is 5.75 Å². The fourth-order valence-electron chi connectivity index (χ4n) is 1.86. The third-order valence-corrected chi connectivity index (χ3v) is 3.03. The summed E-state index contributed by atoms with van der Waals surface area (Å²) in [5.74, 6) is 0.984. The van der Waals surface area contributed by atoms with Crippen LogP contribution in [-0.4, -0.2) is 0 Å². The van der Waals surface area contributed by atoms with E-state index >= 15 is 0 Å². The summed E-state index contributed by atoms with van der Waals surface area (Å²) in [7, 11) is 0. The number of hydrogen-bond acceptors (Lipinski definition) is 1. The zero-order valence-electron chi connectivity index (χ0n) is 12.9. The minimum atomic E-state index is 0.0954. The lowest BCUT2D eigenvalue weighted by molar-refractivity contribution is 0.382. The van der Waals surface area contributed by atoms with Crippen molar-refractivity contribution in [3.05, 3.63) is 35.9 Å². The molecule has 1 radical (unpaired) electrons. The molecule has 0 saturated heterocycles. The molecule has 0 bridgehead atoms. The van der Waals surface area contributed by atoms with E-state index in [-0.39, 0.29) is 10.8 Å². The zero-order valence-corrected chi connectivity index (χ0v) is 12.9. The second kappa shape index (κ2) is 5.34. The van der Waals surface area contributed by atoms with Gasteiger partial charge in [-0.15, -0.1) is 0 Å². The highest BCUT2D eigenvalue weighted by Crippen LogP contribution is 2.35. The Morgan fingerprint density at radius 3 is 2.06 bits per heavy atom. The molecule has 1 rings (SSSR count). The van der Waals surface area contributed by atoms with Crippen molar-refractivity contribution >= 4 is 0 Å². The van der Waals surface area contributed by atoms with Crippen LogP contribution in [0.4, 0.5) is 0 Å². The van der Waals surface area contributed by atoms with Crippen LogP contribution < -0.4 is 4.74 Å². The first-order chi connectivity index (χ1) is 8.16. The number of rotatable bonds is 3. The zero-order chi connectivity index (χ0) is 14.0. The Hall–Kier alpha value is -0.980. The van der Waals surface area contributed by atoms with Gasteiger partial charge in [0.2, 0.25) is 0 Å². The van der Waals surface area contributed by atoms with Crippen LogP contribution in [0.2, 0.25) is 0 Å². The van der Waals surface area contributed by atoms with E-state index in [2.05, 4.69) is 66.7 Å². The first-order valence-corrected chi connectivity index (χ1v) is 6.79. The molecule has 0 heterocycles. The predicted molar refractivity (Wildman–Crippen MR) is 79.1 cm³/mol. The molecule has 0 aromatic heterocycles. The standard InChI is InChI=1S/C17H27O/c1-8-11-18-15-10-9-13(16(2,3)4)12-14(15)17(5,6)7/h9-12H,8H2,1-7H3. The highest BCUT2D eigenvalue weighted by molar-refractivity contribution is 5.43.